The average Bonchev–Trinajstić information content (AvgIpc) is 2.27. The second kappa shape index (κ2) is 5.04. The number of carbonyl (C=O) groups is 2. The van der Waals surface area contributed by atoms with Gasteiger partial charge < -0.3 is 14.7 Å². The second-order valence-electron chi connectivity index (χ2n) is 5.12. The minimum atomic E-state index is -0.968. The largest absolute Gasteiger partial charge is 0.480 e. The quantitative estimate of drug-likeness (QED) is 0.806. The van der Waals surface area contributed by atoms with Crippen LogP contribution >= 0.6 is 0 Å². The first-order chi connectivity index (χ1) is 7.81. The standard InChI is InChI=1S/C12H21NO4/c1-8-6-5-7-13(9(8)10(14)15)11(16)12(2,3)17-4/h8-9H,5-7H2,1-4H3,(H,14,15). The van der Waals surface area contributed by atoms with E-state index in [0.717, 1.165) is 12.8 Å². The van der Waals surface area contributed by atoms with Crippen LogP contribution in [0.4, 0.5) is 0 Å². The number of carboxylic acid groups (broad SMARTS) is 1. The van der Waals surface area contributed by atoms with Crippen LogP contribution in [0.15, 0.2) is 0 Å². The molecule has 5 nitrogen and oxygen atoms in total. The minimum absolute atomic E-state index is 0.0159. The Hall–Kier alpha value is -1.10. The monoisotopic (exact) mass is 243 g/mol. The van der Waals surface area contributed by atoms with Crippen LogP contribution in [0, 0.1) is 5.92 Å². The maximum absolute atomic E-state index is 12.2. The Morgan fingerprint density at radius 2 is 2.00 bits per heavy atom. The van der Waals surface area contributed by atoms with Crippen molar-refractivity contribution >= 4 is 11.9 Å². The Morgan fingerprint density at radius 1 is 1.41 bits per heavy atom. The molecule has 0 spiro atoms. The molecule has 1 saturated heterocycles. The molecular weight excluding hydrogens is 222 g/mol. The predicted molar refractivity (Wildman–Crippen MR) is 62.6 cm³/mol. The van der Waals surface area contributed by atoms with E-state index in [1.807, 2.05) is 6.92 Å². The molecule has 2 unspecified atom stereocenters. The fraction of sp³-hybridized carbons (Fsp3) is 0.833. The van der Waals surface area contributed by atoms with Gasteiger partial charge in [0.15, 0.2) is 0 Å². The fourth-order valence-electron chi connectivity index (χ4n) is 2.23. The van der Waals surface area contributed by atoms with Crippen LogP contribution in [0.25, 0.3) is 0 Å². The summed E-state index contributed by atoms with van der Waals surface area (Å²) in [5, 5.41) is 9.23. The topological polar surface area (TPSA) is 66.8 Å². The van der Waals surface area contributed by atoms with Crippen molar-refractivity contribution in [3.05, 3.63) is 0 Å². The number of aliphatic carboxylic acids is 1. The molecule has 1 fully saturated rings. The van der Waals surface area contributed by atoms with Crippen LogP contribution in [0.3, 0.4) is 0 Å². The van der Waals surface area contributed by atoms with Crippen LogP contribution in [-0.2, 0) is 14.3 Å². The minimum Gasteiger partial charge on any atom is -0.480 e. The van der Waals surface area contributed by atoms with E-state index in [4.69, 9.17) is 4.74 Å². The molecular formula is C12H21NO4. The van der Waals surface area contributed by atoms with Gasteiger partial charge >= 0.3 is 5.97 Å². The van der Waals surface area contributed by atoms with Crippen molar-refractivity contribution in [2.75, 3.05) is 13.7 Å². The molecule has 0 aromatic carbocycles. The van der Waals surface area contributed by atoms with Gasteiger partial charge in [-0.1, -0.05) is 6.92 Å². The summed E-state index contributed by atoms with van der Waals surface area (Å²) >= 11 is 0. The summed E-state index contributed by atoms with van der Waals surface area (Å²) < 4.78 is 5.13. The third-order valence-electron chi connectivity index (χ3n) is 3.47. The van der Waals surface area contributed by atoms with Crippen molar-refractivity contribution in [1.82, 2.24) is 4.90 Å². The number of carbonyl (C=O) groups excluding carboxylic acids is 1. The van der Waals surface area contributed by atoms with E-state index in [1.165, 1.54) is 12.0 Å². The first-order valence-corrected chi connectivity index (χ1v) is 5.90. The number of rotatable bonds is 3. The van der Waals surface area contributed by atoms with E-state index in [9.17, 15) is 14.7 Å². The highest BCUT2D eigenvalue weighted by Crippen LogP contribution is 2.26. The molecule has 1 amide bonds. The van der Waals surface area contributed by atoms with Crippen LogP contribution in [0.1, 0.15) is 33.6 Å². The maximum atomic E-state index is 12.2. The number of piperidine rings is 1. The van der Waals surface area contributed by atoms with Crippen molar-refractivity contribution in [2.45, 2.75) is 45.3 Å². The molecule has 1 rings (SSSR count). The Kier molecular flexibility index (Phi) is 4.14. The summed E-state index contributed by atoms with van der Waals surface area (Å²) in [4.78, 5) is 25.0. The van der Waals surface area contributed by atoms with Crippen LogP contribution < -0.4 is 0 Å². The lowest BCUT2D eigenvalue weighted by atomic mass is 9.89. The van der Waals surface area contributed by atoms with Crippen LogP contribution in [-0.4, -0.2) is 47.2 Å². The summed E-state index contributed by atoms with van der Waals surface area (Å²) in [6, 6.07) is -0.731. The number of nitrogens with zero attached hydrogens (tertiary/aromatic N) is 1. The molecule has 98 valence electrons. The summed E-state index contributed by atoms with van der Waals surface area (Å²) in [7, 11) is 1.46. The fourth-order valence-corrected chi connectivity index (χ4v) is 2.23. The lowest BCUT2D eigenvalue weighted by Crippen LogP contribution is -2.57. The van der Waals surface area contributed by atoms with Gasteiger partial charge in [0, 0.05) is 13.7 Å². The van der Waals surface area contributed by atoms with Gasteiger partial charge in [0.1, 0.15) is 11.6 Å². The summed E-state index contributed by atoms with van der Waals surface area (Å²) in [6.07, 6.45) is 1.69. The molecule has 0 aromatic heterocycles. The zero-order chi connectivity index (χ0) is 13.2. The van der Waals surface area contributed by atoms with Crippen molar-refractivity contribution < 1.29 is 19.4 Å². The van der Waals surface area contributed by atoms with Crippen molar-refractivity contribution in [3.63, 3.8) is 0 Å². The number of carboxylic acids is 1. The highest BCUT2D eigenvalue weighted by Gasteiger charge is 2.42. The van der Waals surface area contributed by atoms with E-state index in [-0.39, 0.29) is 11.8 Å². The molecule has 1 heterocycles. The van der Waals surface area contributed by atoms with Gasteiger partial charge in [-0.15, -0.1) is 0 Å². The maximum Gasteiger partial charge on any atom is 0.326 e. The van der Waals surface area contributed by atoms with Gasteiger partial charge in [-0.25, -0.2) is 4.79 Å². The summed E-state index contributed by atoms with van der Waals surface area (Å²) in [5.74, 6) is -1.20. The van der Waals surface area contributed by atoms with Gasteiger partial charge in [0.2, 0.25) is 0 Å². The Labute approximate surface area is 102 Å². The first kappa shape index (κ1) is 14.0. The highest BCUT2D eigenvalue weighted by molar-refractivity contribution is 5.89. The van der Waals surface area contributed by atoms with Crippen molar-refractivity contribution in [1.29, 1.82) is 0 Å². The van der Waals surface area contributed by atoms with Crippen molar-refractivity contribution in [3.8, 4) is 0 Å². The zero-order valence-electron chi connectivity index (χ0n) is 10.9. The number of likely N-dealkylation sites (tertiary alicyclic amines) is 1. The number of ether oxygens (including phenoxy) is 1. The molecule has 1 aliphatic heterocycles. The van der Waals surface area contributed by atoms with Gasteiger partial charge in [-0.05, 0) is 32.6 Å². The third-order valence-corrected chi connectivity index (χ3v) is 3.47. The Balaban J connectivity index is 2.94. The summed E-state index contributed by atoms with van der Waals surface area (Å²) in [6.45, 7) is 5.69. The second-order valence-corrected chi connectivity index (χ2v) is 5.12. The van der Waals surface area contributed by atoms with E-state index >= 15 is 0 Å². The molecule has 0 bridgehead atoms. The molecule has 0 aliphatic carbocycles. The van der Waals surface area contributed by atoms with E-state index in [1.54, 1.807) is 13.8 Å². The zero-order valence-corrected chi connectivity index (χ0v) is 10.9. The smallest absolute Gasteiger partial charge is 0.326 e. The highest BCUT2D eigenvalue weighted by atomic mass is 16.5. The first-order valence-electron chi connectivity index (χ1n) is 5.90. The molecule has 0 radical (unpaired) electrons. The van der Waals surface area contributed by atoms with Gasteiger partial charge in [0.05, 0.1) is 0 Å². The van der Waals surface area contributed by atoms with E-state index in [2.05, 4.69) is 0 Å². The lowest BCUT2D eigenvalue weighted by molar-refractivity contribution is -0.165. The van der Waals surface area contributed by atoms with Crippen molar-refractivity contribution in [2.24, 2.45) is 5.92 Å². The predicted octanol–water partition coefficient (Wildman–Crippen LogP) is 1.12. The summed E-state index contributed by atoms with van der Waals surface area (Å²) in [5.41, 5.74) is -0.968. The number of amides is 1. The molecule has 0 saturated carbocycles. The Bertz CT molecular complexity index is 314. The third kappa shape index (κ3) is 2.77. The Morgan fingerprint density at radius 3 is 2.47 bits per heavy atom. The van der Waals surface area contributed by atoms with E-state index < -0.39 is 17.6 Å². The lowest BCUT2D eigenvalue weighted by Gasteiger charge is -2.40. The van der Waals surface area contributed by atoms with Crippen LogP contribution in [0.2, 0.25) is 0 Å². The van der Waals surface area contributed by atoms with Crippen LogP contribution in [0.5, 0.6) is 0 Å². The molecule has 5 heteroatoms. The van der Waals surface area contributed by atoms with Gasteiger partial charge in [-0.3, -0.25) is 4.79 Å². The normalized spacial score (nSPS) is 25.8. The number of hydrogen-bond acceptors (Lipinski definition) is 3. The molecule has 1 aliphatic rings. The van der Waals surface area contributed by atoms with E-state index in [0.29, 0.717) is 6.54 Å². The number of hydrogen-bond donors (Lipinski definition) is 1. The molecule has 2 atom stereocenters. The molecule has 0 aromatic rings. The number of methoxy groups -OCH3 is 1. The average molecular weight is 243 g/mol. The molecule has 1 N–H and O–H groups in total. The SMILES string of the molecule is COC(C)(C)C(=O)N1CCCC(C)C1C(=O)O. The van der Waals surface area contributed by atoms with Gasteiger partial charge in [0.25, 0.3) is 5.91 Å². The van der Waals surface area contributed by atoms with Gasteiger partial charge in [-0.2, -0.15) is 0 Å². The molecule has 17 heavy (non-hydrogen) atoms.